The standard InChI is InChI=1S/C16H27N3O2/c1-3-17-12-15(20)13-18-7-9-19(10-8-18)14-5-4-6-16(11-14)21-2/h4-6,11,15,17,20H,3,7-10,12-13H2,1-2H3. The van der Waals surface area contributed by atoms with Gasteiger partial charge in [0.05, 0.1) is 13.2 Å². The number of hydrogen-bond donors (Lipinski definition) is 2. The smallest absolute Gasteiger partial charge is 0.120 e. The van der Waals surface area contributed by atoms with Gasteiger partial charge in [0, 0.05) is 51.0 Å². The average molecular weight is 293 g/mol. The average Bonchev–Trinajstić information content (AvgIpc) is 2.53. The van der Waals surface area contributed by atoms with Crippen LogP contribution in [0.25, 0.3) is 0 Å². The monoisotopic (exact) mass is 293 g/mol. The molecule has 0 amide bonds. The highest BCUT2D eigenvalue weighted by Gasteiger charge is 2.19. The quantitative estimate of drug-likeness (QED) is 0.778. The summed E-state index contributed by atoms with van der Waals surface area (Å²) in [7, 11) is 1.70. The summed E-state index contributed by atoms with van der Waals surface area (Å²) in [4.78, 5) is 4.70. The fourth-order valence-electron chi connectivity index (χ4n) is 2.67. The molecular weight excluding hydrogens is 266 g/mol. The summed E-state index contributed by atoms with van der Waals surface area (Å²) in [6, 6.07) is 8.20. The van der Waals surface area contributed by atoms with E-state index < -0.39 is 0 Å². The topological polar surface area (TPSA) is 48.0 Å². The number of rotatable bonds is 7. The second-order valence-electron chi connectivity index (χ2n) is 5.45. The summed E-state index contributed by atoms with van der Waals surface area (Å²) < 4.78 is 5.28. The Morgan fingerprint density at radius 3 is 2.71 bits per heavy atom. The van der Waals surface area contributed by atoms with Crippen LogP contribution in [0.1, 0.15) is 6.92 Å². The second kappa shape index (κ2) is 8.22. The molecule has 0 bridgehead atoms. The zero-order valence-electron chi connectivity index (χ0n) is 13.1. The Morgan fingerprint density at radius 1 is 1.29 bits per heavy atom. The zero-order chi connectivity index (χ0) is 15.1. The van der Waals surface area contributed by atoms with Crippen LogP contribution in [0.3, 0.4) is 0 Å². The predicted molar refractivity (Wildman–Crippen MR) is 86.2 cm³/mol. The molecule has 1 unspecified atom stereocenters. The van der Waals surface area contributed by atoms with Gasteiger partial charge in [-0.15, -0.1) is 0 Å². The molecule has 5 nitrogen and oxygen atoms in total. The summed E-state index contributed by atoms with van der Waals surface area (Å²) in [6.45, 7) is 8.33. The van der Waals surface area contributed by atoms with Crippen LogP contribution in [0.2, 0.25) is 0 Å². The van der Waals surface area contributed by atoms with E-state index in [1.54, 1.807) is 7.11 Å². The molecule has 0 saturated carbocycles. The summed E-state index contributed by atoms with van der Waals surface area (Å²) in [5.41, 5.74) is 1.21. The van der Waals surface area contributed by atoms with Crippen molar-refractivity contribution in [3.8, 4) is 5.75 Å². The minimum absolute atomic E-state index is 0.284. The molecule has 1 aromatic rings. The number of aliphatic hydroxyl groups excluding tert-OH is 1. The van der Waals surface area contributed by atoms with E-state index in [4.69, 9.17) is 4.74 Å². The molecule has 0 aliphatic carbocycles. The molecule has 1 fully saturated rings. The number of likely N-dealkylation sites (N-methyl/N-ethyl adjacent to an activating group) is 1. The summed E-state index contributed by atoms with van der Waals surface area (Å²) in [6.07, 6.45) is -0.284. The lowest BCUT2D eigenvalue weighted by atomic mass is 10.2. The highest BCUT2D eigenvalue weighted by atomic mass is 16.5. The zero-order valence-corrected chi connectivity index (χ0v) is 13.1. The maximum Gasteiger partial charge on any atom is 0.120 e. The van der Waals surface area contributed by atoms with Gasteiger partial charge >= 0.3 is 0 Å². The van der Waals surface area contributed by atoms with Crippen molar-refractivity contribution in [2.75, 3.05) is 57.8 Å². The van der Waals surface area contributed by atoms with Crippen LogP contribution in [0, 0.1) is 0 Å². The largest absolute Gasteiger partial charge is 0.497 e. The molecular formula is C16H27N3O2. The van der Waals surface area contributed by atoms with Crippen molar-refractivity contribution in [2.45, 2.75) is 13.0 Å². The third-order valence-corrected chi connectivity index (χ3v) is 3.89. The van der Waals surface area contributed by atoms with Crippen molar-refractivity contribution < 1.29 is 9.84 Å². The molecule has 118 valence electrons. The molecule has 5 heteroatoms. The Kier molecular flexibility index (Phi) is 6.29. The SMILES string of the molecule is CCNCC(O)CN1CCN(c2cccc(OC)c2)CC1. The number of benzene rings is 1. The van der Waals surface area contributed by atoms with Gasteiger partial charge < -0.3 is 20.1 Å². The van der Waals surface area contributed by atoms with E-state index in [-0.39, 0.29) is 6.10 Å². The number of piperazine rings is 1. The molecule has 21 heavy (non-hydrogen) atoms. The lowest BCUT2D eigenvalue weighted by Crippen LogP contribution is -2.49. The fraction of sp³-hybridized carbons (Fsp3) is 0.625. The number of ether oxygens (including phenoxy) is 1. The Labute approximate surface area is 127 Å². The molecule has 0 radical (unpaired) electrons. The molecule has 1 aliphatic rings. The van der Waals surface area contributed by atoms with Crippen LogP contribution < -0.4 is 15.0 Å². The van der Waals surface area contributed by atoms with E-state index in [1.807, 2.05) is 12.1 Å². The molecule has 1 heterocycles. The minimum atomic E-state index is -0.284. The van der Waals surface area contributed by atoms with Crippen molar-refractivity contribution in [1.82, 2.24) is 10.2 Å². The first kappa shape index (κ1) is 16.1. The first-order chi connectivity index (χ1) is 10.2. The van der Waals surface area contributed by atoms with Crippen molar-refractivity contribution >= 4 is 5.69 Å². The Balaban J connectivity index is 1.79. The number of nitrogens with one attached hydrogen (secondary N) is 1. The number of methoxy groups -OCH3 is 1. The van der Waals surface area contributed by atoms with E-state index in [0.29, 0.717) is 6.54 Å². The van der Waals surface area contributed by atoms with Crippen LogP contribution >= 0.6 is 0 Å². The summed E-state index contributed by atoms with van der Waals surface area (Å²) in [5, 5.41) is 13.1. The molecule has 1 saturated heterocycles. The fourth-order valence-corrected chi connectivity index (χ4v) is 2.67. The number of anilines is 1. The number of aliphatic hydroxyl groups is 1. The first-order valence-corrected chi connectivity index (χ1v) is 7.73. The van der Waals surface area contributed by atoms with Crippen molar-refractivity contribution in [3.63, 3.8) is 0 Å². The molecule has 0 aromatic heterocycles. The second-order valence-corrected chi connectivity index (χ2v) is 5.45. The van der Waals surface area contributed by atoms with E-state index in [0.717, 1.165) is 45.0 Å². The van der Waals surface area contributed by atoms with Gasteiger partial charge in [-0.2, -0.15) is 0 Å². The summed E-state index contributed by atoms with van der Waals surface area (Å²) >= 11 is 0. The lowest BCUT2D eigenvalue weighted by Gasteiger charge is -2.37. The molecule has 1 aromatic carbocycles. The predicted octanol–water partition coefficient (Wildman–Crippen LogP) is 0.788. The van der Waals surface area contributed by atoms with Gasteiger partial charge in [0.1, 0.15) is 5.75 Å². The van der Waals surface area contributed by atoms with Crippen LogP contribution in [0.5, 0.6) is 5.75 Å². The normalized spacial score (nSPS) is 17.8. The van der Waals surface area contributed by atoms with Gasteiger partial charge in [-0.3, -0.25) is 4.90 Å². The molecule has 2 rings (SSSR count). The van der Waals surface area contributed by atoms with Crippen LogP contribution in [0.15, 0.2) is 24.3 Å². The van der Waals surface area contributed by atoms with Crippen LogP contribution in [0.4, 0.5) is 5.69 Å². The maximum atomic E-state index is 9.95. The Hall–Kier alpha value is -1.30. The Bertz CT molecular complexity index is 420. The van der Waals surface area contributed by atoms with Gasteiger partial charge in [-0.25, -0.2) is 0 Å². The van der Waals surface area contributed by atoms with Crippen LogP contribution in [-0.2, 0) is 0 Å². The van der Waals surface area contributed by atoms with Crippen molar-refractivity contribution in [3.05, 3.63) is 24.3 Å². The first-order valence-electron chi connectivity index (χ1n) is 7.73. The Morgan fingerprint density at radius 2 is 2.05 bits per heavy atom. The van der Waals surface area contributed by atoms with Gasteiger partial charge in [-0.1, -0.05) is 13.0 Å². The van der Waals surface area contributed by atoms with Crippen molar-refractivity contribution in [1.29, 1.82) is 0 Å². The number of hydrogen-bond acceptors (Lipinski definition) is 5. The van der Waals surface area contributed by atoms with Gasteiger partial charge in [-0.05, 0) is 18.7 Å². The van der Waals surface area contributed by atoms with E-state index in [1.165, 1.54) is 5.69 Å². The lowest BCUT2D eigenvalue weighted by molar-refractivity contribution is 0.108. The number of β-amino-alcohol motifs (C(OH)–C–C–N with tert-alkyl or cyclic N) is 1. The third kappa shape index (κ3) is 4.88. The highest BCUT2D eigenvalue weighted by Crippen LogP contribution is 2.22. The van der Waals surface area contributed by atoms with Crippen molar-refractivity contribution in [2.24, 2.45) is 0 Å². The molecule has 2 N–H and O–H groups in total. The van der Waals surface area contributed by atoms with E-state index >= 15 is 0 Å². The highest BCUT2D eigenvalue weighted by molar-refractivity contribution is 5.51. The maximum absolute atomic E-state index is 9.95. The third-order valence-electron chi connectivity index (χ3n) is 3.89. The van der Waals surface area contributed by atoms with Gasteiger partial charge in [0.2, 0.25) is 0 Å². The molecule has 1 aliphatic heterocycles. The minimum Gasteiger partial charge on any atom is -0.497 e. The summed E-state index contributed by atoms with van der Waals surface area (Å²) in [5.74, 6) is 0.899. The molecule has 1 atom stereocenters. The van der Waals surface area contributed by atoms with Gasteiger partial charge in [0.25, 0.3) is 0 Å². The molecule has 0 spiro atoms. The van der Waals surface area contributed by atoms with Crippen LogP contribution in [-0.4, -0.2) is 69.0 Å². The van der Waals surface area contributed by atoms with Gasteiger partial charge in [0.15, 0.2) is 0 Å². The number of nitrogens with zero attached hydrogens (tertiary/aromatic N) is 2. The van der Waals surface area contributed by atoms with E-state index in [2.05, 4.69) is 34.2 Å². The van der Waals surface area contributed by atoms with E-state index in [9.17, 15) is 5.11 Å².